The zero-order valence-corrected chi connectivity index (χ0v) is 13.1. The van der Waals surface area contributed by atoms with Crippen molar-refractivity contribution in [3.63, 3.8) is 0 Å². The van der Waals surface area contributed by atoms with Gasteiger partial charge in [-0.2, -0.15) is 0 Å². The number of aromatic nitrogens is 1. The highest BCUT2D eigenvalue weighted by Gasteiger charge is 2.13. The van der Waals surface area contributed by atoms with Crippen LogP contribution in [0.2, 0.25) is 0 Å². The van der Waals surface area contributed by atoms with E-state index in [-0.39, 0.29) is 0 Å². The first-order valence-corrected chi connectivity index (χ1v) is 6.86. The SMILES string of the molecule is Cc1ccc(C)c(Oc2ncc(N)c(C)c2Br)c1C. The van der Waals surface area contributed by atoms with E-state index in [4.69, 9.17) is 10.5 Å². The van der Waals surface area contributed by atoms with E-state index in [1.807, 2.05) is 13.8 Å². The highest BCUT2D eigenvalue weighted by Crippen LogP contribution is 2.35. The van der Waals surface area contributed by atoms with E-state index in [0.29, 0.717) is 11.6 Å². The Bertz CT molecular complexity index is 639. The second kappa shape index (κ2) is 5.21. The van der Waals surface area contributed by atoms with Gasteiger partial charge in [0.05, 0.1) is 16.4 Å². The van der Waals surface area contributed by atoms with Crippen molar-refractivity contribution in [3.05, 3.63) is 45.1 Å². The number of anilines is 1. The molecule has 0 aliphatic rings. The van der Waals surface area contributed by atoms with Crippen molar-refractivity contribution in [2.75, 3.05) is 5.73 Å². The van der Waals surface area contributed by atoms with Crippen molar-refractivity contribution in [1.29, 1.82) is 0 Å². The maximum absolute atomic E-state index is 5.97. The lowest BCUT2D eigenvalue weighted by atomic mass is 10.1. The summed E-state index contributed by atoms with van der Waals surface area (Å²) in [5.74, 6) is 1.40. The summed E-state index contributed by atoms with van der Waals surface area (Å²) in [6, 6.07) is 4.14. The van der Waals surface area contributed by atoms with E-state index in [1.54, 1.807) is 6.20 Å². The lowest BCUT2D eigenvalue weighted by molar-refractivity contribution is 0.452. The third kappa shape index (κ3) is 2.59. The fraction of sp³-hybridized carbons (Fsp3) is 0.267. The molecule has 1 aromatic heterocycles. The molecule has 2 N–H and O–H groups in total. The summed E-state index contributed by atoms with van der Waals surface area (Å²) in [7, 11) is 0. The van der Waals surface area contributed by atoms with Crippen LogP contribution in [-0.4, -0.2) is 4.98 Å². The molecule has 0 saturated heterocycles. The minimum Gasteiger partial charge on any atom is -0.437 e. The molecular weight excluding hydrogens is 304 g/mol. The molecule has 0 saturated carbocycles. The maximum Gasteiger partial charge on any atom is 0.234 e. The zero-order chi connectivity index (χ0) is 14.2. The number of nitrogen functional groups attached to an aromatic ring is 1. The molecule has 0 bridgehead atoms. The normalized spacial score (nSPS) is 10.6. The molecule has 0 radical (unpaired) electrons. The second-order valence-electron chi connectivity index (χ2n) is 4.71. The summed E-state index contributed by atoms with van der Waals surface area (Å²) in [4.78, 5) is 4.25. The average Bonchev–Trinajstić information content (AvgIpc) is 2.39. The highest BCUT2D eigenvalue weighted by molar-refractivity contribution is 9.10. The van der Waals surface area contributed by atoms with Crippen molar-refractivity contribution in [3.8, 4) is 11.6 Å². The molecule has 0 aliphatic heterocycles. The Labute approximate surface area is 121 Å². The molecule has 0 fully saturated rings. The largest absolute Gasteiger partial charge is 0.437 e. The van der Waals surface area contributed by atoms with Crippen LogP contribution in [0, 0.1) is 27.7 Å². The summed E-state index contributed by atoms with van der Waals surface area (Å²) in [5, 5.41) is 0. The van der Waals surface area contributed by atoms with Gasteiger partial charge in [-0.25, -0.2) is 4.98 Å². The monoisotopic (exact) mass is 320 g/mol. The summed E-state index contributed by atoms with van der Waals surface area (Å²) in [6.07, 6.45) is 1.62. The molecule has 0 aliphatic carbocycles. The van der Waals surface area contributed by atoms with Crippen LogP contribution in [0.4, 0.5) is 5.69 Å². The molecule has 2 rings (SSSR count). The van der Waals surface area contributed by atoms with Crippen LogP contribution in [0.15, 0.2) is 22.8 Å². The summed E-state index contributed by atoms with van der Waals surface area (Å²) in [5.41, 5.74) is 10.8. The zero-order valence-electron chi connectivity index (χ0n) is 11.5. The molecule has 2 aromatic rings. The smallest absolute Gasteiger partial charge is 0.234 e. The maximum atomic E-state index is 5.97. The summed E-state index contributed by atoms with van der Waals surface area (Å²) in [6.45, 7) is 8.08. The second-order valence-corrected chi connectivity index (χ2v) is 5.51. The fourth-order valence-corrected chi connectivity index (χ4v) is 2.23. The van der Waals surface area contributed by atoms with Gasteiger partial charge in [0.2, 0.25) is 5.88 Å². The number of ether oxygens (including phenoxy) is 1. The van der Waals surface area contributed by atoms with Crippen molar-refractivity contribution in [2.24, 2.45) is 0 Å². The number of benzene rings is 1. The van der Waals surface area contributed by atoms with Gasteiger partial charge in [-0.15, -0.1) is 0 Å². The number of hydrogen-bond donors (Lipinski definition) is 1. The molecule has 1 heterocycles. The number of pyridine rings is 1. The van der Waals surface area contributed by atoms with Gasteiger partial charge in [0, 0.05) is 0 Å². The van der Waals surface area contributed by atoms with Crippen molar-refractivity contribution in [1.82, 2.24) is 4.98 Å². The standard InChI is InChI=1S/C15H17BrN2O/c1-8-5-6-9(2)14(10(8)3)19-15-13(16)11(4)12(17)7-18-15/h5-7H,17H2,1-4H3. The third-order valence-corrected chi connectivity index (χ3v) is 4.28. The molecule has 4 heteroatoms. The van der Waals surface area contributed by atoms with Crippen molar-refractivity contribution < 1.29 is 4.74 Å². The van der Waals surface area contributed by atoms with Gasteiger partial charge < -0.3 is 10.5 Å². The first kappa shape index (κ1) is 13.9. The molecule has 3 nitrogen and oxygen atoms in total. The van der Waals surface area contributed by atoms with Crippen molar-refractivity contribution >= 4 is 21.6 Å². The molecule has 0 atom stereocenters. The van der Waals surface area contributed by atoms with Crippen LogP contribution < -0.4 is 10.5 Å². The topological polar surface area (TPSA) is 48.1 Å². The molecule has 100 valence electrons. The average molecular weight is 321 g/mol. The van der Waals surface area contributed by atoms with Crippen LogP contribution in [0.1, 0.15) is 22.3 Å². The van der Waals surface area contributed by atoms with Crippen LogP contribution in [0.25, 0.3) is 0 Å². The van der Waals surface area contributed by atoms with E-state index in [0.717, 1.165) is 26.9 Å². The van der Waals surface area contributed by atoms with Gasteiger partial charge >= 0.3 is 0 Å². The molecule has 1 aromatic carbocycles. The summed E-state index contributed by atoms with van der Waals surface area (Å²) >= 11 is 3.49. The first-order valence-electron chi connectivity index (χ1n) is 6.07. The lowest BCUT2D eigenvalue weighted by Gasteiger charge is -2.15. The predicted molar refractivity (Wildman–Crippen MR) is 81.8 cm³/mol. The highest BCUT2D eigenvalue weighted by atomic mass is 79.9. The summed E-state index contributed by atoms with van der Waals surface area (Å²) < 4.78 is 6.77. The van der Waals surface area contributed by atoms with Crippen LogP contribution in [0.3, 0.4) is 0 Å². The number of hydrogen-bond acceptors (Lipinski definition) is 3. The lowest BCUT2D eigenvalue weighted by Crippen LogP contribution is -1.99. The number of nitrogens with zero attached hydrogens (tertiary/aromatic N) is 1. The van der Waals surface area contributed by atoms with Gasteiger partial charge in [-0.3, -0.25) is 0 Å². The van der Waals surface area contributed by atoms with E-state index in [2.05, 4.69) is 46.9 Å². The van der Waals surface area contributed by atoms with Crippen LogP contribution in [-0.2, 0) is 0 Å². The van der Waals surface area contributed by atoms with Gasteiger partial charge in [-0.05, 0) is 65.9 Å². The minimum absolute atomic E-state index is 0.545. The fourth-order valence-electron chi connectivity index (χ4n) is 1.82. The van der Waals surface area contributed by atoms with E-state index >= 15 is 0 Å². The van der Waals surface area contributed by atoms with Crippen LogP contribution in [0.5, 0.6) is 11.6 Å². The van der Waals surface area contributed by atoms with Gasteiger partial charge in [0.25, 0.3) is 0 Å². The molecule has 0 amide bonds. The minimum atomic E-state index is 0.545. The Hall–Kier alpha value is -1.55. The Morgan fingerprint density at radius 3 is 2.37 bits per heavy atom. The predicted octanol–water partition coefficient (Wildman–Crippen LogP) is 4.45. The quantitative estimate of drug-likeness (QED) is 0.889. The number of nitrogens with two attached hydrogens (primary N) is 1. The number of halogens is 1. The van der Waals surface area contributed by atoms with Gasteiger partial charge in [-0.1, -0.05) is 12.1 Å². The molecular formula is C15H17BrN2O. The number of aryl methyl sites for hydroxylation is 2. The van der Waals surface area contributed by atoms with E-state index < -0.39 is 0 Å². The molecule has 19 heavy (non-hydrogen) atoms. The van der Waals surface area contributed by atoms with Gasteiger partial charge in [0.15, 0.2) is 0 Å². The Morgan fingerprint density at radius 2 is 1.68 bits per heavy atom. The Kier molecular flexibility index (Phi) is 3.80. The van der Waals surface area contributed by atoms with Gasteiger partial charge in [0.1, 0.15) is 5.75 Å². The van der Waals surface area contributed by atoms with E-state index in [9.17, 15) is 0 Å². The Balaban J connectivity index is 2.48. The van der Waals surface area contributed by atoms with Crippen molar-refractivity contribution in [2.45, 2.75) is 27.7 Å². The van der Waals surface area contributed by atoms with E-state index in [1.165, 1.54) is 5.56 Å². The first-order chi connectivity index (χ1) is 8.91. The van der Waals surface area contributed by atoms with Crippen LogP contribution >= 0.6 is 15.9 Å². The Morgan fingerprint density at radius 1 is 1.05 bits per heavy atom. The molecule has 0 spiro atoms. The third-order valence-electron chi connectivity index (χ3n) is 3.34. The molecule has 0 unspecified atom stereocenters. The number of rotatable bonds is 2.